The molecule has 3 aromatic rings. The number of hydrogen-bond donors (Lipinski definition) is 0. The van der Waals surface area contributed by atoms with Crippen LogP contribution in [0.5, 0.6) is 0 Å². The zero-order valence-corrected chi connectivity index (χ0v) is 14.5. The van der Waals surface area contributed by atoms with E-state index >= 15 is 0 Å². The molecule has 1 atom stereocenters. The second-order valence-electron chi connectivity index (χ2n) is 6.48. The van der Waals surface area contributed by atoms with Crippen molar-refractivity contribution in [2.24, 2.45) is 0 Å². The van der Waals surface area contributed by atoms with Crippen LogP contribution in [-0.2, 0) is 0 Å². The van der Waals surface area contributed by atoms with Crippen molar-refractivity contribution in [1.29, 1.82) is 0 Å². The smallest absolute Gasteiger partial charge is 0.276 e. The largest absolute Gasteiger partial charge is 0.330 e. The number of aromatic nitrogens is 3. The highest BCUT2D eigenvalue weighted by atomic mass is 19.1. The van der Waals surface area contributed by atoms with Crippen molar-refractivity contribution >= 4 is 5.91 Å². The van der Waals surface area contributed by atoms with E-state index in [1.807, 2.05) is 30.0 Å². The van der Waals surface area contributed by atoms with Crippen molar-refractivity contribution < 1.29 is 9.18 Å². The number of likely N-dealkylation sites (tertiary alicyclic amines) is 1. The van der Waals surface area contributed by atoms with Crippen LogP contribution in [-0.4, -0.2) is 32.3 Å². The molecule has 1 saturated heterocycles. The number of hydrogen-bond acceptors (Lipinski definition) is 3. The monoisotopic (exact) mass is 350 g/mol. The van der Waals surface area contributed by atoms with Crippen LogP contribution < -0.4 is 0 Å². The van der Waals surface area contributed by atoms with Gasteiger partial charge in [-0.25, -0.2) is 9.07 Å². The Balaban J connectivity index is 1.63. The lowest BCUT2D eigenvalue weighted by molar-refractivity contribution is 0.0729. The highest BCUT2D eigenvalue weighted by Crippen LogP contribution is 2.33. The van der Waals surface area contributed by atoms with Gasteiger partial charge in [0.05, 0.1) is 17.4 Å². The van der Waals surface area contributed by atoms with E-state index in [0.717, 1.165) is 18.4 Å². The van der Waals surface area contributed by atoms with E-state index in [4.69, 9.17) is 0 Å². The Morgan fingerprint density at radius 1 is 1.12 bits per heavy atom. The number of rotatable bonds is 3. The summed E-state index contributed by atoms with van der Waals surface area (Å²) in [4.78, 5) is 15.0. The fourth-order valence-corrected chi connectivity index (χ4v) is 3.52. The molecule has 0 aliphatic carbocycles. The second-order valence-corrected chi connectivity index (χ2v) is 6.48. The molecule has 0 N–H and O–H groups in total. The molecular formula is C20H19FN4O. The van der Waals surface area contributed by atoms with E-state index in [2.05, 4.69) is 22.4 Å². The van der Waals surface area contributed by atoms with Gasteiger partial charge < -0.3 is 4.90 Å². The summed E-state index contributed by atoms with van der Waals surface area (Å²) in [7, 11) is 0. The van der Waals surface area contributed by atoms with Gasteiger partial charge in [-0.2, -0.15) is 0 Å². The van der Waals surface area contributed by atoms with Gasteiger partial charge in [-0.15, -0.1) is 5.10 Å². The van der Waals surface area contributed by atoms with E-state index < -0.39 is 0 Å². The Morgan fingerprint density at radius 3 is 2.58 bits per heavy atom. The molecule has 1 aliphatic rings. The standard InChI is InChI=1S/C20H19FN4O/c1-14-19(22-23-25(14)17-11-9-16(21)10-12-17)20(26)24-13-5-8-18(24)15-6-3-2-4-7-15/h2-4,6-7,9-12,18H,5,8,13H2,1H3/t18-/m1/s1. The van der Waals surface area contributed by atoms with Crippen LogP contribution in [0.15, 0.2) is 54.6 Å². The maximum absolute atomic E-state index is 13.1. The van der Waals surface area contributed by atoms with Gasteiger partial charge >= 0.3 is 0 Å². The van der Waals surface area contributed by atoms with Crippen molar-refractivity contribution in [2.75, 3.05) is 6.54 Å². The summed E-state index contributed by atoms with van der Waals surface area (Å²) in [6.45, 7) is 2.52. The molecule has 0 bridgehead atoms. The van der Waals surface area contributed by atoms with E-state index in [-0.39, 0.29) is 17.8 Å². The van der Waals surface area contributed by atoms with Crippen LogP contribution >= 0.6 is 0 Å². The summed E-state index contributed by atoms with van der Waals surface area (Å²) in [5, 5.41) is 8.22. The fraction of sp³-hybridized carbons (Fsp3) is 0.250. The van der Waals surface area contributed by atoms with Crippen LogP contribution in [0, 0.1) is 12.7 Å². The summed E-state index contributed by atoms with van der Waals surface area (Å²) < 4.78 is 14.7. The van der Waals surface area contributed by atoms with Crippen LogP contribution in [0.1, 0.15) is 40.6 Å². The van der Waals surface area contributed by atoms with Crippen molar-refractivity contribution in [3.8, 4) is 5.69 Å². The first-order valence-corrected chi connectivity index (χ1v) is 8.69. The first-order chi connectivity index (χ1) is 12.6. The predicted octanol–water partition coefficient (Wildman–Crippen LogP) is 3.69. The first kappa shape index (κ1) is 16.4. The Kier molecular flexibility index (Phi) is 4.24. The Labute approximate surface area is 151 Å². The third-order valence-electron chi connectivity index (χ3n) is 4.87. The van der Waals surface area contributed by atoms with Gasteiger partial charge in [0.1, 0.15) is 5.82 Å². The van der Waals surface area contributed by atoms with Crippen molar-refractivity contribution in [3.63, 3.8) is 0 Å². The predicted molar refractivity (Wildman–Crippen MR) is 95.5 cm³/mol. The van der Waals surface area contributed by atoms with Gasteiger partial charge in [0, 0.05) is 6.54 Å². The van der Waals surface area contributed by atoms with E-state index in [0.29, 0.717) is 23.6 Å². The summed E-state index contributed by atoms with van der Waals surface area (Å²) >= 11 is 0. The molecule has 26 heavy (non-hydrogen) atoms. The summed E-state index contributed by atoms with van der Waals surface area (Å²) in [6, 6.07) is 16.1. The van der Waals surface area contributed by atoms with Crippen molar-refractivity contribution in [2.45, 2.75) is 25.8 Å². The highest BCUT2D eigenvalue weighted by Gasteiger charge is 2.33. The summed E-state index contributed by atoms with van der Waals surface area (Å²) in [5.41, 5.74) is 2.82. The van der Waals surface area contributed by atoms with E-state index in [1.165, 1.54) is 12.1 Å². The van der Waals surface area contributed by atoms with E-state index in [9.17, 15) is 9.18 Å². The molecule has 5 nitrogen and oxygen atoms in total. The molecule has 132 valence electrons. The van der Waals surface area contributed by atoms with Crippen molar-refractivity contribution in [3.05, 3.63) is 77.4 Å². The number of nitrogens with zero attached hydrogens (tertiary/aromatic N) is 4. The molecule has 1 aliphatic heterocycles. The quantitative estimate of drug-likeness (QED) is 0.724. The number of carbonyl (C=O) groups is 1. The minimum Gasteiger partial charge on any atom is -0.330 e. The van der Waals surface area contributed by atoms with Crippen molar-refractivity contribution in [1.82, 2.24) is 19.9 Å². The zero-order chi connectivity index (χ0) is 18.1. The Bertz CT molecular complexity index is 921. The molecule has 0 unspecified atom stereocenters. The fourth-order valence-electron chi connectivity index (χ4n) is 3.52. The van der Waals surface area contributed by atoms with Gasteiger partial charge in [-0.3, -0.25) is 4.79 Å². The molecule has 1 fully saturated rings. The molecule has 0 spiro atoms. The lowest BCUT2D eigenvalue weighted by atomic mass is 10.0. The number of halogens is 1. The minimum absolute atomic E-state index is 0.0686. The highest BCUT2D eigenvalue weighted by molar-refractivity contribution is 5.93. The average Bonchev–Trinajstić information content (AvgIpc) is 3.30. The summed E-state index contributed by atoms with van der Waals surface area (Å²) in [5.74, 6) is -0.423. The van der Waals surface area contributed by atoms with Gasteiger partial charge in [0.25, 0.3) is 5.91 Å². The topological polar surface area (TPSA) is 51.0 Å². The molecular weight excluding hydrogens is 331 g/mol. The maximum atomic E-state index is 13.1. The molecule has 0 radical (unpaired) electrons. The normalized spacial score (nSPS) is 16.8. The summed E-state index contributed by atoms with van der Waals surface area (Å²) in [6.07, 6.45) is 1.91. The number of benzene rings is 2. The molecule has 1 amide bonds. The van der Waals surface area contributed by atoms with Gasteiger partial charge in [0.15, 0.2) is 5.69 Å². The third kappa shape index (κ3) is 2.87. The van der Waals surface area contributed by atoms with Gasteiger partial charge in [-0.05, 0) is 49.6 Å². The molecule has 6 heteroatoms. The minimum atomic E-state index is -0.314. The van der Waals surface area contributed by atoms with Crippen LogP contribution in [0.25, 0.3) is 5.69 Å². The maximum Gasteiger partial charge on any atom is 0.276 e. The Hall–Kier alpha value is -3.02. The SMILES string of the molecule is Cc1c(C(=O)N2CCC[C@@H]2c2ccccc2)nnn1-c1ccc(F)cc1. The lowest BCUT2D eigenvalue weighted by Gasteiger charge is -2.24. The number of carbonyl (C=O) groups excluding carboxylic acids is 1. The average molecular weight is 350 g/mol. The van der Waals surface area contributed by atoms with Crippen LogP contribution in [0.3, 0.4) is 0 Å². The lowest BCUT2D eigenvalue weighted by Crippen LogP contribution is -2.31. The van der Waals surface area contributed by atoms with Crippen LogP contribution in [0.4, 0.5) is 4.39 Å². The molecule has 2 heterocycles. The molecule has 4 rings (SSSR count). The number of amides is 1. The molecule has 1 aromatic heterocycles. The van der Waals surface area contributed by atoms with Gasteiger partial charge in [-0.1, -0.05) is 35.5 Å². The first-order valence-electron chi connectivity index (χ1n) is 8.69. The van der Waals surface area contributed by atoms with Gasteiger partial charge in [0.2, 0.25) is 0 Å². The zero-order valence-electron chi connectivity index (χ0n) is 14.5. The van der Waals surface area contributed by atoms with Crippen LogP contribution in [0.2, 0.25) is 0 Å². The Morgan fingerprint density at radius 2 is 1.85 bits per heavy atom. The van der Waals surface area contributed by atoms with E-state index in [1.54, 1.807) is 16.8 Å². The molecule has 0 saturated carbocycles. The molecule has 2 aromatic carbocycles. The third-order valence-corrected chi connectivity index (χ3v) is 4.87. The second kappa shape index (κ2) is 6.71.